The number of hydrogen-bond acceptors (Lipinski definition) is 4. The minimum Gasteiger partial charge on any atom is -0.385 e. The number of nitrogens with zero attached hydrogens (tertiary/aromatic N) is 3. The van der Waals surface area contributed by atoms with E-state index in [2.05, 4.69) is 39.4 Å². The Labute approximate surface area is 159 Å². The first-order valence-corrected chi connectivity index (χ1v) is 8.57. The van der Waals surface area contributed by atoms with Crippen LogP contribution in [0.15, 0.2) is 4.99 Å². The molecule has 1 rings (SSSR count). The Morgan fingerprint density at radius 1 is 1.17 bits per heavy atom. The molecule has 0 spiro atoms. The van der Waals surface area contributed by atoms with Gasteiger partial charge in [-0.2, -0.15) is 0 Å². The summed E-state index contributed by atoms with van der Waals surface area (Å²) in [6.45, 7) is 9.24. The summed E-state index contributed by atoms with van der Waals surface area (Å²) >= 11 is 0. The summed E-state index contributed by atoms with van der Waals surface area (Å²) in [5.41, 5.74) is 0. The third-order valence-electron chi connectivity index (χ3n) is 4.06. The smallest absolute Gasteiger partial charge is 0.191 e. The van der Waals surface area contributed by atoms with Crippen molar-refractivity contribution < 1.29 is 4.74 Å². The van der Waals surface area contributed by atoms with Crippen LogP contribution in [0.2, 0.25) is 0 Å². The fourth-order valence-electron chi connectivity index (χ4n) is 2.53. The maximum atomic E-state index is 5.07. The summed E-state index contributed by atoms with van der Waals surface area (Å²) in [7, 11) is 5.72. The Balaban J connectivity index is 0.00000484. The molecule has 138 valence electrons. The lowest BCUT2D eigenvalue weighted by molar-refractivity contribution is 0.180. The molecule has 0 unspecified atom stereocenters. The van der Waals surface area contributed by atoms with Crippen molar-refractivity contribution in [2.24, 2.45) is 4.99 Å². The minimum absolute atomic E-state index is 0. The number of guanidine groups is 1. The Morgan fingerprint density at radius 2 is 1.83 bits per heavy atom. The summed E-state index contributed by atoms with van der Waals surface area (Å²) in [6, 6.07) is 0.836. The molecule has 7 heteroatoms. The monoisotopic (exact) mass is 441 g/mol. The molecule has 2 N–H and O–H groups in total. The van der Waals surface area contributed by atoms with Crippen LogP contribution in [0.4, 0.5) is 0 Å². The van der Waals surface area contributed by atoms with Crippen LogP contribution < -0.4 is 10.6 Å². The van der Waals surface area contributed by atoms with Gasteiger partial charge in [-0.3, -0.25) is 9.89 Å². The van der Waals surface area contributed by atoms with Gasteiger partial charge in [0.2, 0.25) is 0 Å². The summed E-state index contributed by atoms with van der Waals surface area (Å²) in [4.78, 5) is 9.14. The third-order valence-corrected chi connectivity index (χ3v) is 4.06. The van der Waals surface area contributed by atoms with Crippen molar-refractivity contribution in [2.45, 2.75) is 32.2 Å². The van der Waals surface area contributed by atoms with E-state index in [1.165, 1.54) is 12.8 Å². The lowest BCUT2D eigenvalue weighted by atomic mass is 10.4. The first kappa shape index (κ1) is 22.9. The van der Waals surface area contributed by atoms with E-state index >= 15 is 0 Å². The molecule has 0 atom stereocenters. The quantitative estimate of drug-likeness (QED) is 0.207. The standard InChI is InChI=1S/C16H35N5O.HI/c1-5-21(15-7-8-15)13-10-19-16(17-2)18-9-12-20(3)11-6-14-22-4;/h15H,5-14H2,1-4H3,(H2,17,18,19);1H. The lowest BCUT2D eigenvalue weighted by Crippen LogP contribution is -2.44. The molecule has 0 radical (unpaired) electrons. The fraction of sp³-hybridized carbons (Fsp3) is 0.938. The van der Waals surface area contributed by atoms with Crippen molar-refractivity contribution in [3.05, 3.63) is 0 Å². The van der Waals surface area contributed by atoms with Gasteiger partial charge in [0.15, 0.2) is 5.96 Å². The minimum atomic E-state index is 0. The molecular formula is C16H36IN5O. The Morgan fingerprint density at radius 3 is 2.35 bits per heavy atom. The van der Waals surface area contributed by atoms with E-state index in [9.17, 15) is 0 Å². The molecule has 6 nitrogen and oxygen atoms in total. The first-order valence-electron chi connectivity index (χ1n) is 8.57. The van der Waals surface area contributed by atoms with Crippen LogP contribution >= 0.6 is 24.0 Å². The lowest BCUT2D eigenvalue weighted by Gasteiger charge is -2.21. The molecule has 0 aromatic rings. The van der Waals surface area contributed by atoms with Gasteiger partial charge in [-0.15, -0.1) is 24.0 Å². The topological polar surface area (TPSA) is 52.1 Å². The predicted molar refractivity (Wildman–Crippen MR) is 109 cm³/mol. The summed E-state index contributed by atoms with van der Waals surface area (Å²) in [6.07, 6.45) is 3.82. The van der Waals surface area contributed by atoms with Gasteiger partial charge in [0.25, 0.3) is 0 Å². The Kier molecular flexibility index (Phi) is 14.2. The van der Waals surface area contributed by atoms with Gasteiger partial charge in [-0.1, -0.05) is 6.92 Å². The molecule has 0 saturated heterocycles. The highest BCUT2D eigenvalue weighted by Crippen LogP contribution is 2.25. The number of methoxy groups -OCH3 is 1. The van der Waals surface area contributed by atoms with Crippen molar-refractivity contribution in [1.29, 1.82) is 0 Å². The average Bonchev–Trinajstić information content (AvgIpc) is 3.34. The number of nitrogens with one attached hydrogen (secondary N) is 2. The highest BCUT2D eigenvalue weighted by Gasteiger charge is 2.27. The second-order valence-corrected chi connectivity index (χ2v) is 5.94. The zero-order chi connectivity index (χ0) is 16.2. The van der Waals surface area contributed by atoms with Crippen molar-refractivity contribution >= 4 is 29.9 Å². The Bertz CT molecular complexity index is 313. The maximum Gasteiger partial charge on any atom is 0.191 e. The normalized spacial score (nSPS) is 15.0. The second-order valence-electron chi connectivity index (χ2n) is 5.94. The molecule has 0 heterocycles. The highest BCUT2D eigenvalue weighted by molar-refractivity contribution is 14.0. The third kappa shape index (κ3) is 11.1. The van der Waals surface area contributed by atoms with Crippen LogP contribution in [0.1, 0.15) is 26.2 Å². The van der Waals surface area contributed by atoms with E-state index < -0.39 is 0 Å². The van der Waals surface area contributed by atoms with Crippen LogP contribution in [-0.4, -0.2) is 88.9 Å². The van der Waals surface area contributed by atoms with E-state index in [4.69, 9.17) is 4.74 Å². The molecular weight excluding hydrogens is 405 g/mol. The maximum absolute atomic E-state index is 5.07. The number of ether oxygens (including phenoxy) is 1. The molecule has 23 heavy (non-hydrogen) atoms. The van der Waals surface area contributed by atoms with Gasteiger partial charge >= 0.3 is 0 Å². The van der Waals surface area contributed by atoms with Gasteiger partial charge in [-0.25, -0.2) is 0 Å². The van der Waals surface area contributed by atoms with Crippen LogP contribution in [-0.2, 0) is 4.74 Å². The summed E-state index contributed by atoms with van der Waals surface area (Å²) in [5, 5.41) is 6.78. The number of aliphatic imine (C=N–C) groups is 1. The molecule has 1 aliphatic carbocycles. The van der Waals surface area contributed by atoms with E-state index in [0.717, 1.165) is 64.3 Å². The number of hydrogen-bond donors (Lipinski definition) is 2. The van der Waals surface area contributed by atoms with Crippen LogP contribution in [0.5, 0.6) is 0 Å². The van der Waals surface area contributed by atoms with Crippen LogP contribution in [0, 0.1) is 0 Å². The van der Waals surface area contributed by atoms with Gasteiger partial charge < -0.3 is 20.3 Å². The van der Waals surface area contributed by atoms with Gasteiger partial charge in [-0.05, 0) is 32.9 Å². The molecule has 0 bridgehead atoms. The molecule has 0 aliphatic heterocycles. The summed E-state index contributed by atoms with van der Waals surface area (Å²) < 4.78 is 5.07. The van der Waals surface area contributed by atoms with Crippen molar-refractivity contribution in [3.8, 4) is 0 Å². The van der Waals surface area contributed by atoms with Crippen LogP contribution in [0.25, 0.3) is 0 Å². The molecule has 0 amide bonds. The SMILES string of the molecule is CCN(CCNC(=NC)NCCN(C)CCCOC)C1CC1.I. The molecule has 1 aliphatic rings. The van der Waals surface area contributed by atoms with Gasteiger partial charge in [0.1, 0.15) is 0 Å². The zero-order valence-corrected chi connectivity index (χ0v) is 17.6. The largest absolute Gasteiger partial charge is 0.385 e. The molecule has 0 aromatic carbocycles. The zero-order valence-electron chi connectivity index (χ0n) is 15.3. The van der Waals surface area contributed by atoms with Crippen LogP contribution in [0.3, 0.4) is 0 Å². The van der Waals surface area contributed by atoms with Gasteiger partial charge in [0, 0.05) is 59.5 Å². The number of halogens is 1. The van der Waals surface area contributed by atoms with Crippen molar-refractivity contribution in [3.63, 3.8) is 0 Å². The fourth-order valence-corrected chi connectivity index (χ4v) is 2.53. The van der Waals surface area contributed by atoms with E-state index in [1.807, 2.05) is 7.05 Å². The number of rotatable bonds is 12. The van der Waals surface area contributed by atoms with E-state index in [1.54, 1.807) is 7.11 Å². The van der Waals surface area contributed by atoms with Gasteiger partial charge in [0.05, 0.1) is 0 Å². The average molecular weight is 441 g/mol. The van der Waals surface area contributed by atoms with Crippen molar-refractivity contribution in [1.82, 2.24) is 20.4 Å². The molecule has 0 aromatic heterocycles. The predicted octanol–water partition coefficient (Wildman–Crippen LogP) is 1.22. The molecule has 1 saturated carbocycles. The summed E-state index contributed by atoms with van der Waals surface area (Å²) in [5.74, 6) is 0.900. The second kappa shape index (κ2) is 14.2. The van der Waals surface area contributed by atoms with Crippen molar-refractivity contribution in [2.75, 3.05) is 67.1 Å². The molecule has 1 fully saturated rings. The van der Waals surface area contributed by atoms with E-state index in [-0.39, 0.29) is 24.0 Å². The number of likely N-dealkylation sites (N-methyl/N-ethyl adjacent to an activating group) is 2. The first-order chi connectivity index (χ1) is 10.7. The Hall–Kier alpha value is -0.120. The highest BCUT2D eigenvalue weighted by atomic mass is 127. The van der Waals surface area contributed by atoms with E-state index in [0.29, 0.717) is 0 Å².